The van der Waals surface area contributed by atoms with E-state index in [1.807, 2.05) is 5.01 Å². The maximum atomic E-state index is 10.9. The van der Waals surface area contributed by atoms with Crippen LogP contribution in [0.2, 0.25) is 5.15 Å². The van der Waals surface area contributed by atoms with Crippen LogP contribution < -0.4 is 5.43 Å². The van der Waals surface area contributed by atoms with Gasteiger partial charge in [-0.25, -0.2) is 15.0 Å². The van der Waals surface area contributed by atoms with Crippen LogP contribution in [0.15, 0.2) is 6.33 Å². The van der Waals surface area contributed by atoms with Crippen LogP contribution in [0.25, 0.3) is 0 Å². The molecule has 1 aromatic heterocycles. The molecule has 2 heterocycles. The van der Waals surface area contributed by atoms with Gasteiger partial charge >= 0.3 is 0 Å². The summed E-state index contributed by atoms with van der Waals surface area (Å²) in [5.41, 5.74) is 3.40. The summed E-state index contributed by atoms with van der Waals surface area (Å²) in [6.45, 7) is 3.69. The van der Waals surface area contributed by atoms with E-state index in [1.54, 1.807) is 0 Å². The van der Waals surface area contributed by atoms with Gasteiger partial charge in [-0.2, -0.15) is 0 Å². The highest BCUT2D eigenvalue weighted by molar-refractivity contribution is 6.32. The largest absolute Gasteiger partial charge is 0.304 e. The molecule has 1 aliphatic heterocycles. The quantitative estimate of drug-likeness (QED) is 0.628. The van der Waals surface area contributed by atoms with Crippen LogP contribution in [0.3, 0.4) is 0 Å². The van der Waals surface area contributed by atoms with E-state index in [2.05, 4.69) is 27.3 Å². The van der Waals surface area contributed by atoms with Crippen LogP contribution in [-0.4, -0.2) is 59.4 Å². The van der Waals surface area contributed by atoms with E-state index >= 15 is 0 Å². The number of nitrogens with zero attached hydrogens (tertiary/aromatic N) is 4. The number of aromatic nitrogens is 2. The molecule has 1 fully saturated rings. The number of halogens is 1. The number of piperazine rings is 1. The second-order valence-electron chi connectivity index (χ2n) is 3.95. The molecule has 92 valence electrons. The van der Waals surface area contributed by atoms with Gasteiger partial charge < -0.3 is 10.3 Å². The van der Waals surface area contributed by atoms with Gasteiger partial charge in [0.25, 0.3) is 0 Å². The summed E-state index contributed by atoms with van der Waals surface area (Å²) in [6, 6.07) is 0. The Hall–Kier alpha value is -1.24. The summed E-state index contributed by atoms with van der Waals surface area (Å²) in [5.74, 6) is 0.463. The van der Waals surface area contributed by atoms with Gasteiger partial charge in [0, 0.05) is 26.2 Å². The average Bonchev–Trinajstić information content (AvgIpc) is 2.32. The Balaban J connectivity index is 2.08. The molecule has 0 unspecified atom stereocenters. The topological polar surface area (TPSA) is 61.4 Å². The van der Waals surface area contributed by atoms with E-state index < -0.39 is 0 Å². The molecule has 7 heteroatoms. The fourth-order valence-corrected chi connectivity index (χ4v) is 1.81. The number of carbonyl (C=O) groups excluding carboxylic acids is 1. The van der Waals surface area contributed by atoms with Crippen molar-refractivity contribution in [1.29, 1.82) is 0 Å². The smallest absolute Gasteiger partial charge is 0.156 e. The number of rotatable bonds is 3. The van der Waals surface area contributed by atoms with Gasteiger partial charge in [0.1, 0.15) is 11.5 Å². The van der Waals surface area contributed by atoms with Crippen molar-refractivity contribution in [2.75, 3.05) is 38.7 Å². The summed E-state index contributed by atoms with van der Waals surface area (Å²) >= 11 is 5.82. The minimum atomic E-state index is 0.173. The Morgan fingerprint density at radius 3 is 2.71 bits per heavy atom. The van der Waals surface area contributed by atoms with Crippen molar-refractivity contribution in [3.8, 4) is 0 Å². The molecule has 1 aromatic rings. The van der Waals surface area contributed by atoms with Crippen molar-refractivity contribution in [3.05, 3.63) is 17.0 Å². The molecule has 0 atom stereocenters. The summed E-state index contributed by atoms with van der Waals surface area (Å²) in [4.78, 5) is 21.0. The van der Waals surface area contributed by atoms with Crippen molar-refractivity contribution in [3.63, 3.8) is 0 Å². The number of nitrogens with one attached hydrogen (secondary N) is 1. The maximum absolute atomic E-state index is 10.9. The molecule has 1 aliphatic rings. The number of hydrogen-bond acceptors (Lipinski definition) is 6. The number of aldehydes is 1. The highest BCUT2D eigenvalue weighted by Crippen LogP contribution is 2.18. The third kappa shape index (κ3) is 2.91. The minimum Gasteiger partial charge on any atom is -0.304 e. The molecule has 0 aliphatic carbocycles. The third-order valence-corrected chi connectivity index (χ3v) is 3.02. The zero-order chi connectivity index (χ0) is 12.3. The second-order valence-corrected chi connectivity index (χ2v) is 4.30. The first kappa shape index (κ1) is 12.2. The highest BCUT2D eigenvalue weighted by Gasteiger charge is 2.16. The van der Waals surface area contributed by atoms with Crippen molar-refractivity contribution >= 4 is 23.7 Å². The van der Waals surface area contributed by atoms with Gasteiger partial charge in [-0.1, -0.05) is 11.6 Å². The maximum Gasteiger partial charge on any atom is 0.156 e. The number of hydrazine groups is 1. The van der Waals surface area contributed by atoms with E-state index in [0.717, 1.165) is 26.2 Å². The van der Waals surface area contributed by atoms with Crippen LogP contribution in [0.5, 0.6) is 0 Å². The zero-order valence-electron chi connectivity index (χ0n) is 9.56. The Kier molecular flexibility index (Phi) is 3.88. The summed E-state index contributed by atoms with van der Waals surface area (Å²) in [7, 11) is 2.08. The summed E-state index contributed by atoms with van der Waals surface area (Å²) in [5, 5.41) is 2.19. The second kappa shape index (κ2) is 5.39. The van der Waals surface area contributed by atoms with E-state index in [9.17, 15) is 4.79 Å². The lowest BCUT2D eigenvalue weighted by Gasteiger charge is -2.32. The Labute approximate surface area is 105 Å². The molecule has 1 saturated heterocycles. The number of anilines is 1. The lowest BCUT2D eigenvalue weighted by atomic mass is 10.3. The lowest BCUT2D eigenvalue weighted by molar-refractivity contribution is 0.112. The summed E-state index contributed by atoms with van der Waals surface area (Å²) < 4.78 is 0. The van der Waals surface area contributed by atoms with Crippen LogP contribution in [0.1, 0.15) is 10.4 Å². The first-order valence-corrected chi connectivity index (χ1v) is 5.74. The van der Waals surface area contributed by atoms with Crippen LogP contribution in [-0.2, 0) is 0 Å². The van der Waals surface area contributed by atoms with Crippen LogP contribution >= 0.6 is 11.6 Å². The molecular formula is C10H14ClN5O. The van der Waals surface area contributed by atoms with Gasteiger partial charge in [-0.3, -0.25) is 4.79 Å². The van der Waals surface area contributed by atoms with Crippen molar-refractivity contribution in [2.45, 2.75) is 0 Å². The molecule has 2 rings (SSSR count). The molecule has 6 nitrogen and oxygen atoms in total. The van der Waals surface area contributed by atoms with Crippen molar-refractivity contribution in [1.82, 2.24) is 19.9 Å². The van der Waals surface area contributed by atoms with Gasteiger partial charge in [0.05, 0.1) is 5.56 Å². The van der Waals surface area contributed by atoms with Crippen molar-refractivity contribution < 1.29 is 4.79 Å². The molecule has 0 saturated carbocycles. The van der Waals surface area contributed by atoms with E-state index in [4.69, 9.17) is 11.6 Å². The molecule has 1 N–H and O–H groups in total. The first-order valence-electron chi connectivity index (χ1n) is 5.36. The normalized spacial score (nSPS) is 18.0. The van der Waals surface area contributed by atoms with Crippen LogP contribution in [0.4, 0.5) is 5.82 Å². The van der Waals surface area contributed by atoms with Gasteiger partial charge in [-0.15, -0.1) is 0 Å². The zero-order valence-corrected chi connectivity index (χ0v) is 10.3. The highest BCUT2D eigenvalue weighted by atomic mass is 35.5. The van der Waals surface area contributed by atoms with Crippen LogP contribution in [0, 0.1) is 0 Å². The Morgan fingerprint density at radius 1 is 1.35 bits per heavy atom. The molecular weight excluding hydrogens is 242 g/mol. The molecule has 0 spiro atoms. The predicted molar refractivity (Wildman–Crippen MR) is 65.1 cm³/mol. The molecule has 0 radical (unpaired) electrons. The molecule has 17 heavy (non-hydrogen) atoms. The lowest BCUT2D eigenvalue weighted by Crippen LogP contribution is -2.47. The average molecular weight is 256 g/mol. The fraction of sp³-hybridized carbons (Fsp3) is 0.500. The molecule has 0 bridgehead atoms. The minimum absolute atomic E-state index is 0.173. The predicted octanol–water partition coefficient (Wildman–Crippen LogP) is 0.517. The standard InChI is InChI=1S/C10H14ClN5O/c1-15-2-4-16(5-3-15)14-10-8(6-17)9(11)12-7-13-10/h6-7H,2-5H2,1H3,(H,12,13,14). The van der Waals surface area contributed by atoms with E-state index in [0.29, 0.717) is 17.7 Å². The third-order valence-electron chi connectivity index (χ3n) is 2.72. The SMILES string of the molecule is CN1CCN(Nc2ncnc(Cl)c2C=O)CC1. The summed E-state index contributed by atoms with van der Waals surface area (Å²) in [6.07, 6.45) is 2.01. The van der Waals surface area contributed by atoms with E-state index in [-0.39, 0.29) is 5.15 Å². The Bertz CT molecular complexity index is 406. The molecule has 0 amide bonds. The number of likely N-dealkylation sites (N-methyl/N-ethyl adjacent to an activating group) is 1. The van der Waals surface area contributed by atoms with Gasteiger partial charge in [-0.05, 0) is 7.05 Å². The van der Waals surface area contributed by atoms with E-state index in [1.165, 1.54) is 6.33 Å². The molecule has 0 aromatic carbocycles. The van der Waals surface area contributed by atoms with Crippen molar-refractivity contribution in [2.24, 2.45) is 0 Å². The number of carbonyl (C=O) groups is 1. The number of hydrogen-bond donors (Lipinski definition) is 1. The van der Waals surface area contributed by atoms with Gasteiger partial charge in [0.2, 0.25) is 0 Å². The first-order chi connectivity index (χ1) is 8.20. The van der Waals surface area contributed by atoms with Gasteiger partial charge in [0.15, 0.2) is 12.1 Å². The fourth-order valence-electron chi connectivity index (χ4n) is 1.64. The monoisotopic (exact) mass is 255 g/mol. The Morgan fingerprint density at radius 2 is 2.06 bits per heavy atom.